The van der Waals surface area contributed by atoms with Gasteiger partial charge in [0.2, 0.25) is 5.91 Å². The minimum absolute atomic E-state index is 0.0804. The SMILES string of the molecule is O=C(C[C@@H](Cc1ccc2ccccc2c1)n1cc(COCc2ccccc2)nn1)NO. The van der Waals surface area contributed by atoms with Crippen LogP contribution in [0.1, 0.15) is 29.3 Å². The maximum atomic E-state index is 11.9. The van der Waals surface area contributed by atoms with Crippen LogP contribution in [0.25, 0.3) is 10.8 Å². The van der Waals surface area contributed by atoms with Crippen molar-refractivity contribution in [3.05, 3.63) is 95.8 Å². The Bertz CT molecular complexity index is 1140. The molecule has 0 aliphatic heterocycles. The van der Waals surface area contributed by atoms with Crippen molar-refractivity contribution in [1.82, 2.24) is 20.5 Å². The van der Waals surface area contributed by atoms with E-state index in [1.165, 1.54) is 0 Å². The zero-order valence-electron chi connectivity index (χ0n) is 17.0. The highest BCUT2D eigenvalue weighted by atomic mass is 16.5. The summed E-state index contributed by atoms with van der Waals surface area (Å²) in [6, 6.07) is 24.0. The van der Waals surface area contributed by atoms with Crippen LogP contribution in [0.5, 0.6) is 0 Å². The average molecular weight is 416 g/mol. The van der Waals surface area contributed by atoms with Crippen LogP contribution >= 0.6 is 0 Å². The molecule has 1 amide bonds. The summed E-state index contributed by atoms with van der Waals surface area (Å²) in [5, 5.41) is 19.7. The summed E-state index contributed by atoms with van der Waals surface area (Å²) in [7, 11) is 0. The lowest BCUT2D eigenvalue weighted by molar-refractivity contribution is -0.130. The van der Waals surface area contributed by atoms with E-state index in [4.69, 9.17) is 9.94 Å². The minimum atomic E-state index is -0.469. The van der Waals surface area contributed by atoms with Crippen LogP contribution in [-0.4, -0.2) is 26.1 Å². The van der Waals surface area contributed by atoms with E-state index in [-0.39, 0.29) is 12.5 Å². The quantitative estimate of drug-likeness (QED) is 0.320. The zero-order valence-corrected chi connectivity index (χ0v) is 17.0. The van der Waals surface area contributed by atoms with Gasteiger partial charge in [0.05, 0.1) is 31.9 Å². The van der Waals surface area contributed by atoms with Crippen molar-refractivity contribution in [1.29, 1.82) is 0 Å². The summed E-state index contributed by atoms with van der Waals surface area (Å²) in [6.07, 6.45) is 2.45. The highest BCUT2D eigenvalue weighted by Gasteiger charge is 2.18. The van der Waals surface area contributed by atoms with Gasteiger partial charge in [-0.15, -0.1) is 5.10 Å². The molecule has 1 heterocycles. The Kier molecular flexibility index (Phi) is 6.66. The largest absolute Gasteiger partial charge is 0.370 e. The van der Waals surface area contributed by atoms with Gasteiger partial charge in [-0.3, -0.25) is 10.0 Å². The fourth-order valence-electron chi connectivity index (χ4n) is 3.56. The molecule has 7 nitrogen and oxygen atoms in total. The Morgan fingerprint density at radius 1 is 0.968 bits per heavy atom. The number of amides is 1. The number of benzene rings is 3. The second-order valence-electron chi connectivity index (χ2n) is 7.45. The van der Waals surface area contributed by atoms with Crippen molar-refractivity contribution >= 4 is 16.7 Å². The van der Waals surface area contributed by atoms with Crippen LogP contribution in [0.15, 0.2) is 79.0 Å². The van der Waals surface area contributed by atoms with Gasteiger partial charge in [0, 0.05) is 0 Å². The molecule has 7 heteroatoms. The Hall–Kier alpha value is -3.55. The second-order valence-corrected chi connectivity index (χ2v) is 7.45. The number of nitrogens with zero attached hydrogens (tertiary/aromatic N) is 3. The predicted octanol–water partition coefficient (Wildman–Crippen LogP) is 3.83. The molecule has 0 aliphatic rings. The van der Waals surface area contributed by atoms with Crippen molar-refractivity contribution in [2.75, 3.05) is 0 Å². The lowest BCUT2D eigenvalue weighted by Crippen LogP contribution is -2.25. The fraction of sp³-hybridized carbons (Fsp3) is 0.208. The first-order chi connectivity index (χ1) is 15.2. The molecule has 0 saturated carbocycles. The normalized spacial score (nSPS) is 12.0. The van der Waals surface area contributed by atoms with Crippen LogP contribution in [0.3, 0.4) is 0 Å². The Morgan fingerprint density at radius 2 is 1.74 bits per heavy atom. The van der Waals surface area contributed by atoms with Crippen LogP contribution in [0.4, 0.5) is 0 Å². The third kappa shape index (κ3) is 5.53. The van der Waals surface area contributed by atoms with Gasteiger partial charge in [0.1, 0.15) is 5.69 Å². The van der Waals surface area contributed by atoms with Crippen LogP contribution in [-0.2, 0) is 29.2 Å². The lowest BCUT2D eigenvalue weighted by Gasteiger charge is -2.16. The van der Waals surface area contributed by atoms with Gasteiger partial charge >= 0.3 is 0 Å². The summed E-state index contributed by atoms with van der Waals surface area (Å²) in [5.41, 5.74) is 4.56. The van der Waals surface area contributed by atoms with Gasteiger partial charge in [-0.05, 0) is 28.3 Å². The molecule has 3 aromatic carbocycles. The monoisotopic (exact) mass is 416 g/mol. The number of hydroxylamine groups is 1. The van der Waals surface area contributed by atoms with Gasteiger partial charge < -0.3 is 4.74 Å². The predicted molar refractivity (Wildman–Crippen MR) is 116 cm³/mol. The molecule has 4 aromatic rings. The lowest BCUT2D eigenvalue weighted by atomic mass is 10.00. The summed E-state index contributed by atoms with van der Waals surface area (Å²) in [4.78, 5) is 11.9. The van der Waals surface area contributed by atoms with E-state index in [2.05, 4.69) is 34.6 Å². The van der Waals surface area contributed by atoms with Crippen molar-refractivity contribution in [2.24, 2.45) is 0 Å². The molecule has 2 N–H and O–H groups in total. The number of hydrogen-bond donors (Lipinski definition) is 2. The van der Waals surface area contributed by atoms with E-state index in [0.29, 0.717) is 25.3 Å². The van der Waals surface area contributed by atoms with Crippen molar-refractivity contribution < 1.29 is 14.7 Å². The van der Waals surface area contributed by atoms with Gasteiger partial charge in [0.15, 0.2) is 0 Å². The van der Waals surface area contributed by atoms with Gasteiger partial charge in [-0.1, -0.05) is 78.0 Å². The molecule has 0 fully saturated rings. The third-order valence-electron chi connectivity index (χ3n) is 5.12. The molecule has 0 unspecified atom stereocenters. The Balaban J connectivity index is 1.46. The van der Waals surface area contributed by atoms with Crippen molar-refractivity contribution in [2.45, 2.75) is 32.1 Å². The molecule has 0 radical (unpaired) electrons. The number of aromatic nitrogens is 3. The molecule has 4 rings (SSSR count). The van der Waals surface area contributed by atoms with Crippen LogP contribution < -0.4 is 5.48 Å². The first kappa shape index (κ1) is 20.7. The van der Waals surface area contributed by atoms with Crippen molar-refractivity contribution in [3.8, 4) is 0 Å². The van der Waals surface area contributed by atoms with E-state index in [0.717, 1.165) is 21.9 Å². The smallest absolute Gasteiger partial charge is 0.245 e. The van der Waals surface area contributed by atoms with E-state index in [1.807, 2.05) is 48.5 Å². The molecule has 1 atom stereocenters. The summed E-state index contributed by atoms with van der Waals surface area (Å²) >= 11 is 0. The molecule has 158 valence electrons. The fourth-order valence-corrected chi connectivity index (χ4v) is 3.56. The summed E-state index contributed by atoms with van der Waals surface area (Å²) in [5.74, 6) is -0.469. The average Bonchev–Trinajstić information content (AvgIpc) is 3.28. The number of carbonyl (C=O) groups excluding carboxylic acids is 1. The van der Waals surface area contributed by atoms with Gasteiger partial charge in [-0.2, -0.15) is 0 Å². The molecular weight excluding hydrogens is 392 g/mol. The highest BCUT2D eigenvalue weighted by molar-refractivity contribution is 5.83. The number of rotatable bonds is 9. The molecule has 0 spiro atoms. The number of hydrogen-bond acceptors (Lipinski definition) is 5. The van der Waals surface area contributed by atoms with E-state index in [9.17, 15) is 4.79 Å². The topological polar surface area (TPSA) is 89.3 Å². The standard InChI is InChI=1S/C24H24N4O3/c29-24(26-30)14-23(13-19-10-11-20-8-4-5-9-21(20)12-19)28-15-22(25-27-28)17-31-16-18-6-2-1-3-7-18/h1-12,15,23,30H,13-14,16-17H2,(H,26,29)/t23-/m1/s1. The second kappa shape index (κ2) is 9.97. The zero-order chi connectivity index (χ0) is 21.5. The highest BCUT2D eigenvalue weighted by Crippen LogP contribution is 2.22. The molecular formula is C24H24N4O3. The van der Waals surface area contributed by atoms with E-state index >= 15 is 0 Å². The Labute approximate surface area is 180 Å². The van der Waals surface area contributed by atoms with Crippen molar-refractivity contribution in [3.63, 3.8) is 0 Å². The number of carbonyl (C=O) groups is 1. The first-order valence-electron chi connectivity index (χ1n) is 10.1. The molecule has 0 bridgehead atoms. The maximum absolute atomic E-state index is 11.9. The van der Waals surface area contributed by atoms with Gasteiger partial charge in [0.25, 0.3) is 0 Å². The molecule has 0 saturated heterocycles. The van der Waals surface area contributed by atoms with Gasteiger partial charge in [-0.25, -0.2) is 10.2 Å². The minimum Gasteiger partial charge on any atom is -0.370 e. The number of fused-ring (bicyclic) bond motifs is 1. The number of nitrogens with one attached hydrogen (secondary N) is 1. The van der Waals surface area contributed by atoms with E-state index < -0.39 is 5.91 Å². The number of ether oxygens (including phenoxy) is 1. The third-order valence-corrected chi connectivity index (χ3v) is 5.12. The first-order valence-corrected chi connectivity index (χ1v) is 10.1. The summed E-state index contributed by atoms with van der Waals surface area (Å²) in [6.45, 7) is 0.810. The maximum Gasteiger partial charge on any atom is 0.245 e. The van der Waals surface area contributed by atoms with Crippen LogP contribution in [0.2, 0.25) is 0 Å². The molecule has 1 aromatic heterocycles. The van der Waals surface area contributed by atoms with Crippen LogP contribution in [0, 0.1) is 0 Å². The molecule has 0 aliphatic carbocycles. The Morgan fingerprint density at radius 3 is 2.55 bits per heavy atom. The summed E-state index contributed by atoms with van der Waals surface area (Å²) < 4.78 is 7.40. The van der Waals surface area contributed by atoms with E-state index in [1.54, 1.807) is 16.4 Å². The molecule has 31 heavy (non-hydrogen) atoms.